The second-order valence-corrected chi connectivity index (χ2v) is 11.8. The summed E-state index contributed by atoms with van der Waals surface area (Å²) in [5.74, 6) is -1.61. The number of Topliss-reactive ketones (excluding diaryl/α,β-unsaturated/α-hetero) is 1. The zero-order chi connectivity index (χ0) is 29.9. The van der Waals surface area contributed by atoms with Crippen LogP contribution in [0.4, 0.5) is 13.2 Å². The lowest BCUT2D eigenvalue weighted by Crippen LogP contribution is -2.21. The number of hydrogen-bond donors (Lipinski definition) is 1. The molecule has 0 radical (unpaired) electrons. The van der Waals surface area contributed by atoms with E-state index in [-0.39, 0.29) is 5.78 Å². The first kappa shape index (κ1) is 32.1. The zero-order valence-corrected chi connectivity index (χ0v) is 24.1. The SMILES string of the molecule is CC1(C)CCC(CCc2ccc(-c3cccc(C(=O)CCCCc4ccccc4)c3)cc2)CC1.O=C(O)C(F)(F)F. The summed E-state index contributed by atoms with van der Waals surface area (Å²) in [6.07, 6.45) is 6.57. The highest BCUT2D eigenvalue weighted by atomic mass is 19.4. The second-order valence-electron chi connectivity index (χ2n) is 11.8. The molecular formula is C35H41F3O3. The molecule has 41 heavy (non-hydrogen) atoms. The Morgan fingerprint density at radius 2 is 1.41 bits per heavy atom. The van der Waals surface area contributed by atoms with Crippen molar-refractivity contribution < 1.29 is 27.9 Å². The maximum Gasteiger partial charge on any atom is 0.490 e. The number of carboxylic acids is 1. The Balaban J connectivity index is 0.000000587. The van der Waals surface area contributed by atoms with Gasteiger partial charge in [-0.05, 0) is 97.4 Å². The van der Waals surface area contributed by atoms with E-state index in [9.17, 15) is 18.0 Å². The van der Waals surface area contributed by atoms with Crippen LogP contribution in [0.3, 0.4) is 0 Å². The van der Waals surface area contributed by atoms with E-state index in [0.29, 0.717) is 11.8 Å². The summed E-state index contributed by atoms with van der Waals surface area (Å²) in [6, 6.07) is 27.7. The lowest BCUT2D eigenvalue weighted by Gasteiger charge is -2.34. The number of ketones is 1. The maximum absolute atomic E-state index is 12.8. The van der Waals surface area contributed by atoms with E-state index in [1.54, 1.807) is 0 Å². The lowest BCUT2D eigenvalue weighted by atomic mass is 9.72. The van der Waals surface area contributed by atoms with Gasteiger partial charge in [0.15, 0.2) is 5.78 Å². The largest absolute Gasteiger partial charge is 0.490 e. The van der Waals surface area contributed by atoms with Crippen molar-refractivity contribution in [3.8, 4) is 11.1 Å². The van der Waals surface area contributed by atoms with Gasteiger partial charge in [-0.1, -0.05) is 86.6 Å². The molecule has 0 heterocycles. The third-order valence-corrected chi connectivity index (χ3v) is 7.98. The molecule has 1 aliphatic rings. The summed E-state index contributed by atoms with van der Waals surface area (Å²) in [4.78, 5) is 21.7. The predicted molar refractivity (Wildman–Crippen MR) is 158 cm³/mol. The number of aryl methyl sites for hydroxylation is 2. The standard InChI is InChI=1S/C33H40O.C2HF3O2/c1-33(2)23-21-28(22-24-33)16-15-27-17-19-29(20-18-27)30-12-8-13-31(25-30)32(34)14-7-6-11-26-9-4-3-5-10-26;3-2(4,5)1(6)7/h3-5,8-10,12-13,17-20,25,28H,6-7,11,14-16,21-24H2,1-2H3;(H,6,7). The lowest BCUT2D eigenvalue weighted by molar-refractivity contribution is -0.192. The van der Waals surface area contributed by atoms with Gasteiger partial charge in [0.25, 0.3) is 0 Å². The molecule has 3 aromatic carbocycles. The topological polar surface area (TPSA) is 54.4 Å². The molecule has 4 rings (SSSR count). The molecule has 6 heteroatoms. The molecule has 220 valence electrons. The van der Waals surface area contributed by atoms with Gasteiger partial charge in [-0.15, -0.1) is 0 Å². The van der Waals surface area contributed by atoms with Gasteiger partial charge in [0.1, 0.15) is 0 Å². The van der Waals surface area contributed by atoms with Gasteiger partial charge < -0.3 is 5.11 Å². The van der Waals surface area contributed by atoms with E-state index in [1.807, 2.05) is 18.2 Å². The number of benzene rings is 3. The van der Waals surface area contributed by atoms with Crippen molar-refractivity contribution in [3.63, 3.8) is 0 Å². The van der Waals surface area contributed by atoms with Crippen LogP contribution in [0.2, 0.25) is 0 Å². The fraction of sp³-hybridized carbons (Fsp3) is 0.429. The van der Waals surface area contributed by atoms with Crippen molar-refractivity contribution in [2.45, 2.75) is 84.2 Å². The highest BCUT2D eigenvalue weighted by Gasteiger charge is 2.38. The minimum Gasteiger partial charge on any atom is -0.475 e. The van der Waals surface area contributed by atoms with Crippen LogP contribution in [-0.4, -0.2) is 23.0 Å². The molecule has 3 nitrogen and oxygen atoms in total. The van der Waals surface area contributed by atoms with Gasteiger partial charge in [0, 0.05) is 12.0 Å². The van der Waals surface area contributed by atoms with E-state index >= 15 is 0 Å². The van der Waals surface area contributed by atoms with Gasteiger partial charge in [-0.25, -0.2) is 4.79 Å². The summed E-state index contributed by atoms with van der Waals surface area (Å²) in [7, 11) is 0. The minimum absolute atomic E-state index is 0.252. The van der Waals surface area contributed by atoms with Crippen molar-refractivity contribution in [1.82, 2.24) is 0 Å². The van der Waals surface area contributed by atoms with Crippen LogP contribution < -0.4 is 0 Å². The average Bonchev–Trinajstić information content (AvgIpc) is 2.95. The summed E-state index contributed by atoms with van der Waals surface area (Å²) >= 11 is 0. The van der Waals surface area contributed by atoms with E-state index in [4.69, 9.17) is 9.90 Å². The number of rotatable bonds is 10. The number of alkyl halides is 3. The molecule has 1 fully saturated rings. The number of hydrogen-bond acceptors (Lipinski definition) is 2. The number of aliphatic carboxylic acids is 1. The Morgan fingerprint density at radius 3 is 2.02 bits per heavy atom. The predicted octanol–water partition coefficient (Wildman–Crippen LogP) is 9.73. The molecule has 0 spiro atoms. The second kappa shape index (κ2) is 15.0. The Labute approximate surface area is 241 Å². The molecule has 0 saturated heterocycles. The van der Waals surface area contributed by atoms with Crippen LogP contribution in [-0.2, 0) is 17.6 Å². The molecule has 0 atom stereocenters. The van der Waals surface area contributed by atoms with Crippen LogP contribution in [0, 0.1) is 11.3 Å². The maximum atomic E-state index is 12.8. The molecule has 0 aliphatic heterocycles. The Bertz CT molecular complexity index is 1240. The fourth-order valence-electron chi connectivity index (χ4n) is 5.26. The quantitative estimate of drug-likeness (QED) is 0.196. The molecule has 0 aromatic heterocycles. The molecule has 0 unspecified atom stereocenters. The number of carbonyl (C=O) groups is 2. The third kappa shape index (κ3) is 11.2. The molecule has 1 saturated carbocycles. The van der Waals surface area contributed by atoms with Crippen molar-refractivity contribution in [2.75, 3.05) is 0 Å². The summed E-state index contributed by atoms with van der Waals surface area (Å²) in [5.41, 5.74) is 6.50. The van der Waals surface area contributed by atoms with Crippen LogP contribution in [0.5, 0.6) is 0 Å². The Kier molecular flexibility index (Phi) is 11.7. The highest BCUT2D eigenvalue weighted by molar-refractivity contribution is 5.97. The summed E-state index contributed by atoms with van der Waals surface area (Å²) in [6.45, 7) is 4.83. The first-order valence-electron chi connectivity index (χ1n) is 14.5. The van der Waals surface area contributed by atoms with Crippen molar-refractivity contribution in [3.05, 3.63) is 95.6 Å². The molecule has 1 N–H and O–H groups in total. The Hall–Kier alpha value is -3.41. The monoisotopic (exact) mass is 566 g/mol. The average molecular weight is 567 g/mol. The molecule has 1 aliphatic carbocycles. The van der Waals surface area contributed by atoms with Crippen LogP contribution in [0.1, 0.15) is 86.7 Å². The fourth-order valence-corrected chi connectivity index (χ4v) is 5.26. The molecule has 0 bridgehead atoms. The van der Waals surface area contributed by atoms with Crippen molar-refractivity contribution in [2.24, 2.45) is 11.3 Å². The summed E-state index contributed by atoms with van der Waals surface area (Å²) in [5, 5.41) is 7.12. The number of halogens is 3. The van der Waals surface area contributed by atoms with Gasteiger partial charge >= 0.3 is 12.1 Å². The molecular weight excluding hydrogens is 525 g/mol. The van der Waals surface area contributed by atoms with Crippen molar-refractivity contribution >= 4 is 11.8 Å². The van der Waals surface area contributed by atoms with Crippen molar-refractivity contribution in [1.29, 1.82) is 0 Å². The first-order valence-corrected chi connectivity index (χ1v) is 14.5. The Morgan fingerprint density at radius 1 is 0.805 bits per heavy atom. The van der Waals surface area contributed by atoms with Crippen LogP contribution in [0.15, 0.2) is 78.9 Å². The number of carboxylic acid groups (broad SMARTS) is 1. The number of unbranched alkanes of at least 4 members (excludes halogenated alkanes) is 1. The van der Waals surface area contributed by atoms with Gasteiger partial charge in [0.05, 0.1) is 0 Å². The van der Waals surface area contributed by atoms with E-state index in [0.717, 1.165) is 36.3 Å². The van der Waals surface area contributed by atoms with Gasteiger partial charge in [0.2, 0.25) is 0 Å². The normalized spacial score (nSPS) is 15.0. The van der Waals surface area contributed by atoms with E-state index in [2.05, 4.69) is 74.5 Å². The van der Waals surface area contributed by atoms with Crippen LogP contribution >= 0.6 is 0 Å². The minimum atomic E-state index is -5.08. The number of carbonyl (C=O) groups excluding carboxylic acids is 1. The third-order valence-electron chi connectivity index (χ3n) is 7.98. The smallest absolute Gasteiger partial charge is 0.475 e. The zero-order valence-electron chi connectivity index (χ0n) is 24.1. The van der Waals surface area contributed by atoms with E-state index < -0.39 is 12.1 Å². The first-order chi connectivity index (χ1) is 19.4. The summed E-state index contributed by atoms with van der Waals surface area (Å²) < 4.78 is 31.7. The van der Waals surface area contributed by atoms with E-state index in [1.165, 1.54) is 55.2 Å². The highest BCUT2D eigenvalue weighted by Crippen LogP contribution is 2.39. The molecule has 3 aromatic rings. The van der Waals surface area contributed by atoms with Gasteiger partial charge in [-0.2, -0.15) is 13.2 Å². The van der Waals surface area contributed by atoms with Crippen LogP contribution in [0.25, 0.3) is 11.1 Å². The van der Waals surface area contributed by atoms with Gasteiger partial charge in [-0.3, -0.25) is 4.79 Å². The molecule has 0 amide bonds.